The SMILES string of the molecule is Cc1ccc(-c2c[n+](CC([O-])=Nc3ccccc3F)c3n2CCC3)cc1.Cl. The number of rotatable bonds is 4. The molecule has 0 unspecified atom stereocenters. The van der Waals surface area contributed by atoms with Gasteiger partial charge in [0.25, 0.3) is 5.82 Å². The van der Waals surface area contributed by atoms with Crippen LogP contribution in [-0.4, -0.2) is 10.5 Å². The average molecular weight is 386 g/mol. The maximum atomic E-state index is 13.7. The molecule has 140 valence electrons. The lowest BCUT2D eigenvalue weighted by molar-refractivity contribution is -0.693. The number of benzene rings is 2. The number of nitrogens with zero attached hydrogens (tertiary/aromatic N) is 3. The Morgan fingerprint density at radius 2 is 1.93 bits per heavy atom. The molecule has 0 saturated carbocycles. The van der Waals surface area contributed by atoms with Gasteiger partial charge < -0.3 is 5.11 Å². The normalized spacial score (nSPS) is 13.3. The zero-order chi connectivity index (χ0) is 18.1. The Hall–Kier alpha value is -2.66. The Balaban J connectivity index is 0.00000210. The minimum absolute atomic E-state index is 0. The van der Waals surface area contributed by atoms with E-state index in [-0.39, 0.29) is 30.5 Å². The molecule has 1 aromatic heterocycles. The number of halogens is 2. The summed E-state index contributed by atoms with van der Waals surface area (Å²) in [5.74, 6) is 0.293. The van der Waals surface area contributed by atoms with Crippen LogP contribution in [-0.2, 0) is 19.5 Å². The van der Waals surface area contributed by atoms with E-state index < -0.39 is 5.82 Å². The Morgan fingerprint density at radius 1 is 1.19 bits per heavy atom. The third-order valence-corrected chi connectivity index (χ3v) is 4.74. The summed E-state index contributed by atoms with van der Waals surface area (Å²) < 4.78 is 17.9. The molecule has 4 nitrogen and oxygen atoms in total. The second-order valence-corrected chi connectivity index (χ2v) is 6.64. The highest BCUT2D eigenvalue weighted by Gasteiger charge is 2.28. The molecule has 0 spiro atoms. The van der Waals surface area contributed by atoms with Gasteiger partial charge in [-0.3, -0.25) is 4.99 Å². The van der Waals surface area contributed by atoms with Crippen molar-refractivity contribution < 1.29 is 14.1 Å². The van der Waals surface area contributed by atoms with E-state index in [1.54, 1.807) is 12.1 Å². The highest BCUT2D eigenvalue weighted by molar-refractivity contribution is 5.85. The Labute approximate surface area is 164 Å². The summed E-state index contributed by atoms with van der Waals surface area (Å²) in [6.45, 7) is 3.13. The molecule has 0 saturated heterocycles. The molecule has 27 heavy (non-hydrogen) atoms. The molecule has 0 atom stereocenters. The fourth-order valence-electron chi connectivity index (χ4n) is 3.46. The van der Waals surface area contributed by atoms with E-state index in [1.807, 2.05) is 10.8 Å². The fraction of sp³-hybridized carbons (Fsp3) is 0.238. The molecule has 0 N–H and O–H groups in total. The lowest BCUT2D eigenvalue weighted by Gasteiger charge is -2.09. The van der Waals surface area contributed by atoms with Gasteiger partial charge in [0.15, 0.2) is 5.69 Å². The molecule has 2 heterocycles. The molecular formula is C21H21ClFN3O. The van der Waals surface area contributed by atoms with Gasteiger partial charge in [0.05, 0.1) is 18.7 Å². The van der Waals surface area contributed by atoms with E-state index in [4.69, 9.17) is 0 Å². The lowest BCUT2D eigenvalue weighted by Crippen LogP contribution is -2.43. The zero-order valence-electron chi connectivity index (χ0n) is 15.1. The highest BCUT2D eigenvalue weighted by atomic mass is 35.5. The summed E-state index contributed by atoms with van der Waals surface area (Å²) in [6.07, 6.45) is 4.00. The summed E-state index contributed by atoms with van der Waals surface area (Å²) in [6, 6.07) is 14.5. The van der Waals surface area contributed by atoms with Gasteiger partial charge in [-0.1, -0.05) is 42.0 Å². The third kappa shape index (κ3) is 3.88. The van der Waals surface area contributed by atoms with Crippen LogP contribution in [0.1, 0.15) is 17.8 Å². The smallest absolute Gasteiger partial charge is 0.257 e. The maximum absolute atomic E-state index is 13.7. The van der Waals surface area contributed by atoms with E-state index in [0.29, 0.717) is 0 Å². The highest BCUT2D eigenvalue weighted by Crippen LogP contribution is 2.25. The van der Waals surface area contributed by atoms with Crippen molar-refractivity contribution in [1.82, 2.24) is 4.57 Å². The molecule has 3 aromatic rings. The number of hydrogen-bond acceptors (Lipinski definition) is 2. The monoisotopic (exact) mass is 385 g/mol. The minimum Gasteiger partial charge on any atom is -0.859 e. The maximum Gasteiger partial charge on any atom is 0.257 e. The Morgan fingerprint density at radius 3 is 2.67 bits per heavy atom. The van der Waals surface area contributed by atoms with Crippen LogP contribution in [0, 0.1) is 12.7 Å². The van der Waals surface area contributed by atoms with Crippen LogP contribution < -0.4 is 9.67 Å². The van der Waals surface area contributed by atoms with Crippen molar-refractivity contribution in [1.29, 1.82) is 0 Å². The van der Waals surface area contributed by atoms with Gasteiger partial charge in [0.2, 0.25) is 0 Å². The second kappa shape index (κ2) is 7.92. The van der Waals surface area contributed by atoms with Gasteiger partial charge in [-0.2, -0.15) is 0 Å². The van der Waals surface area contributed by atoms with Crippen molar-refractivity contribution in [2.24, 2.45) is 4.99 Å². The lowest BCUT2D eigenvalue weighted by atomic mass is 10.1. The molecule has 1 aliphatic rings. The van der Waals surface area contributed by atoms with Crippen LogP contribution in [0.15, 0.2) is 59.7 Å². The average Bonchev–Trinajstić information content (AvgIpc) is 3.22. The van der Waals surface area contributed by atoms with Gasteiger partial charge in [-0.15, -0.1) is 12.4 Å². The molecule has 0 amide bonds. The van der Waals surface area contributed by atoms with Crippen LogP contribution >= 0.6 is 12.4 Å². The molecule has 2 aromatic carbocycles. The first-order valence-electron chi connectivity index (χ1n) is 8.80. The topological polar surface area (TPSA) is 44.2 Å². The molecule has 0 bridgehead atoms. The van der Waals surface area contributed by atoms with Crippen LogP contribution in [0.4, 0.5) is 10.1 Å². The van der Waals surface area contributed by atoms with Crippen molar-refractivity contribution in [3.8, 4) is 11.3 Å². The molecule has 0 aliphatic carbocycles. The first kappa shape index (κ1) is 19.1. The summed E-state index contributed by atoms with van der Waals surface area (Å²) in [4.78, 5) is 3.93. The summed E-state index contributed by atoms with van der Waals surface area (Å²) in [7, 11) is 0. The summed E-state index contributed by atoms with van der Waals surface area (Å²) >= 11 is 0. The minimum atomic E-state index is -0.478. The molecule has 6 heteroatoms. The molecule has 1 aliphatic heterocycles. The third-order valence-electron chi connectivity index (χ3n) is 4.74. The number of hydrogen-bond donors (Lipinski definition) is 0. The van der Waals surface area contributed by atoms with Gasteiger partial charge in [-0.25, -0.2) is 13.5 Å². The molecule has 0 fully saturated rings. The number of imidazole rings is 1. The van der Waals surface area contributed by atoms with E-state index >= 15 is 0 Å². The predicted molar refractivity (Wildman–Crippen MR) is 104 cm³/mol. The molecule has 0 radical (unpaired) electrons. The van der Waals surface area contributed by atoms with Crippen LogP contribution in [0.25, 0.3) is 11.3 Å². The van der Waals surface area contributed by atoms with Crippen molar-refractivity contribution in [3.05, 3.63) is 71.9 Å². The van der Waals surface area contributed by atoms with Crippen molar-refractivity contribution in [2.45, 2.75) is 32.9 Å². The van der Waals surface area contributed by atoms with Crippen molar-refractivity contribution in [2.75, 3.05) is 0 Å². The largest absolute Gasteiger partial charge is 0.859 e. The fourth-order valence-corrected chi connectivity index (χ4v) is 3.46. The number of aliphatic imine (C=N–C) groups is 1. The van der Waals surface area contributed by atoms with Gasteiger partial charge in [0.1, 0.15) is 18.6 Å². The van der Waals surface area contributed by atoms with E-state index in [0.717, 1.165) is 36.5 Å². The number of para-hydroxylation sites is 1. The van der Waals surface area contributed by atoms with E-state index in [2.05, 4.69) is 40.7 Å². The first-order valence-corrected chi connectivity index (χ1v) is 8.80. The van der Waals surface area contributed by atoms with E-state index in [9.17, 15) is 9.50 Å². The predicted octanol–water partition coefficient (Wildman–Crippen LogP) is 3.35. The van der Waals surface area contributed by atoms with Gasteiger partial charge >= 0.3 is 0 Å². The summed E-state index contributed by atoms with van der Waals surface area (Å²) in [5.41, 5.74) is 3.55. The summed E-state index contributed by atoms with van der Waals surface area (Å²) in [5, 5.41) is 12.4. The van der Waals surface area contributed by atoms with Crippen LogP contribution in [0.2, 0.25) is 0 Å². The van der Waals surface area contributed by atoms with Crippen molar-refractivity contribution >= 4 is 24.0 Å². The Kier molecular flexibility index (Phi) is 5.61. The van der Waals surface area contributed by atoms with Gasteiger partial charge in [0, 0.05) is 11.5 Å². The molecule has 4 rings (SSSR count). The first-order chi connectivity index (χ1) is 12.6. The number of aromatic nitrogens is 2. The Bertz CT molecular complexity index is 980. The number of aryl methyl sites for hydroxylation is 1. The zero-order valence-corrected chi connectivity index (χ0v) is 15.9. The second-order valence-electron chi connectivity index (χ2n) is 6.64. The van der Waals surface area contributed by atoms with E-state index in [1.165, 1.54) is 17.7 Å². The van der Waals surface area contributed by atoms with Crippen LogP contribution in [0.3, 0.4) is 0 Å². The van der Waals surface area contributed by atoms with Crippen LogP contribution in [0.5, 0.6) is 0 Å². The van der Waals surface area contributed by atoms with Crippen molar-refractivity contribution in [3.63, 3.8) is 0 Å². The quantitative estimate of drug-likeness (QED) is 0.386. The van der Waals surface area contributed by atoms with Gasteiger partial charge in [-0.05, 0) is 25.5 Å². The number of fused-ring (bicyclic) bond motifs is 1. The standard InChI is InChI=1S/C21H20FN3O.ClH/c1-15-8-10-16(11-9-15)19-13-24(21-7-4-12-25(19)21)14-20(26)23-18-6-3-2-5-17(18)22;/h2-3,5-6,8-11,13H,4,7,12,14H2,1H3;1H. The molecular weight excluding hydrogens is 365 g/mol.